The molecule has 0 spiro atoms. The van der Waals surface area contributed by atoms with Gasteiger partial charge in [-0.25, -0.2) is 13.4 Å². The fraction of sp³-hybridized carbons (Fsp3) is 0.364. The standard InChI is InChI=1S/C22H25N3O4S2/c1-28-21-9-5-4-8-19(21)20-14-17(29-24-20)16-30-22-11-10-18(15-23-22)31(26,27)25-12-6-2-3-7-13-25/h4-5,8-11,14-15H,2-3,6-7,12-13,16H2,1H3. The van der Waals surface area contributed by atoms with E-state index in [1.165, 1.54) is 18.0 Å². The number of thioether (sulfide) groups is 1. The molecule has 0 bridgehead atoms. The summed E-state index contributed by atoms with van der Waals surface area (Å²) < 4.78 is 38.1. The summed E-state index contributed by atoms with van der Waals surface area (Å²) in [6.45, 7) is 1.16. The Kier molecular flexibility index (Phi) is 6.94. The Morgan fingerprint density at radius 1 is 1.10 bits per heavy atom. The molecule has 9 heteroatoms. The maximum Gasteiger partial charge on any atom is 0.244 e. The largest absolute Gasteiger partial charge is 0.496 e. The minimum atomic E-state index is -3.48. The van der Waals surface area contributed by atoms with E-state index in [4.69, 9.17) is 9.26 Å². The highest BCUT2D eigenvalue weighted by Gasteiger charge is 2.25. The molecule has 0 radical (unpaired) electrons. The van der Waals surface area contributed by atoms with E-state index in [-0.39, 0.29) is 4.90 Å². The number of para-hydroxylation sites is 1. The Bertz CT molecular complexity index is 1110. The Hall–Kier alpha value is -2.36. The smallest absolute Gasteiger partial charge is 0.244 e. The van der Waals surface area contributed by atoms with Crippen molar-refractivity contribution in [2.45, 2.75) is 41.4 Å². The Balaban J connectivity index is 1.40. The molecule has 0 saturated carbocycles. The quantitative estimate of drug-likeness (QED) is 0.477. The molecular weight excluding hydrogens is 434 g/mol. The minimum Gasteiger partial charge on any atom is -0.496 e. The number of rotatable bonds is 7. The number of hydrogen-bond acceptors (Lipinski definition) is 7. The second-order valence-electron chi connectivity index (χ2n) is 7.32. The molecule has 0 aliphatic carbocycles. The first kappa shape index (κ1) is 21.9. The molecule has 2 aromatic heterocycles. The second-order valence-corrected chi connectivity index (χ2v) is 10.3. The highest BCUT2D eigenvalue weighted by atomic mass is 32.2. The summed E-state index contributed by atoms with van der Waals surface area (Å²) in [5, 5.41) is 4.87. The summed E-state index contributed by atoms with van der Waals surface area (Å²) in [6, 6.07) is 12.9. The molecule has 3 aromatic rings. The van der Waals surface area contributed by atoms with Crippen molar-refractivity contribution in [2.24, 2.45) is 0 Å². The molecule has 1 saturated heterocycles. The van der Waals surface area contributed by atoms with Crippen LogP contribution in [0.1, 0.15) is 31.4 Å². The first-order chi connectivity index (χ1) is 15.1. The van der Waals surface area contributed by atoms with Crippen molar-refractivity contribution in [3.8, 4) is 17.0 Å². The van der Waals surface area contributed by atoms with Crippen LogP contribution in [0.2, 0.25) is 0 Å². The van der Waals surface area contributed by atoms with Gasteiger partial charge in [0.05, 0.1) is 17.9 Å². The SMILES string of the molecule is COc1ccccc1-c1cc(CSc2ccc(S(=O)(=O)N3CCCCCC3)cn2)on1. The maximum atomic E-state index is 12.9. The van der Waals surface area contributed by atoms with Crippen LogP contribution in [0.25, 0.3) is 11.3 Å². The van der Waals surface area contributed by atoms with Gasteiger partial charge in [-0.3, -0.25) is 0 Å². The fourth-order valence-electron chi connectivity index (χ4n) is 3.55. The highest BCUT2D eigenvalue weighted by molar-refractivity contribution is 7.98. The lowest BCUT2D eigenvalue weighted by Crippen LogP contribution is -2.32. The van der Waals surface area contributed by atoms with E-state index in [1.807, 2.05) is 30.3 Å². The molecule has 164 valence electrons. The summed E-state index contributed by atoms with van der Waals surface area (Å²) >= 11 is 1.47. The minimum absolute atomic E-state index is 0.247. The molecule has 1 aliphatic heterocycles. The average molecular weight is 460 g/mol. The van der Waals surface area contributed by atoms with E-state index in [0.717, 1.165) is 42.0 Å². The highest BCUT2D eigenvalue weighted by Crippen LogP contribution is 2.31. The van der Waals surface area contributed by atoms with Gasteiger partial charge in [-0.2, -0.15) is 4.31 Å². The molecule has 0 amide bonds. The molecular formula is C22H25N3O4S2. The molecule has 1 aromatic carbocycles. The molecule has 0 atom stereocenters. The third-order valence-electron chi connectivity index (χ3n) is 5.22. The maximum absolute atomic E-state index is 12.9. The number of aromatic nitrogens is 2. The van der Waals surface area contributed by atoms with E-state index in [9.17, 15) is 8.42 Å². The van der Waals surface area contributed by atoms with Gasteiger partial charge in [0, 0.05) is 30.9 Å². The second kappa shape index (κ2) is 9.84. The number of ether oxygens (including phenoxy) is 1. The van der Waals surface area contributed by atoms with Crippen LogP contribution in [0.3, 0.4) is 0 Å². The van der Waals surface area contributed by atoms with Gasteiger partial charge in [-0.1, -0.05) is 41.9 Å². The summed E-state index contributed by atoms with van der Waals surface area (Å²) in [7, 11) is -1.86. The van der Waals surface area contributed by atoms with E-state index in [2.05, 4.69) is 10.1 Å². The molecule has 0 unspecified atom stereocenters. The van der Waals surface area contributed by atoms with Crippen molar-refractivity contribution in [1.82, 2.24) is 14.4 Å². The predicted octanol–water partition coefficient (Wildman–Crippen LogP) is 4.60. The molecule has 0 N–H and O–H groups in total. The third kappa shape index (κ3) is 5.11. The zero-order valence-corrected chi connectivity index (χ0v) is 19.0. The lowest BCUT2D eigenvalue weighted by molar-refractivity contribution is 0.395. The van der Waals surface area contributed by atoms with Crippen LogP contribution in [0.15, 0.2) is 63.1 Å². The molecule has 3 heterocycles. The summed E-state index contributed by atoms with van der Waals surface area (Å²) in [4.78, 5) is 4.59. The van der Waals surface area contributed by atoms with E-state index < -0.39 is 10.0 Å². The Morgan fingerprint density at radius 3 is 2.58 bits per heavy atom. The summed E-state index contributed by atoms with van der Waals surface area (Å²) in [6.07, 6.45) is 5.44. The van der Waals surface area contributed by atoms with E-state index >= 15 is 0 Å². The van der Waals surface area contributed by atoms with Gasteiger partial charge < -0.3 is 9.26 Å². The third-order valence-corrected chi connectivity index (χ3v) is 8.06. The molecule has 4 rings (SSSR count). The Morgan fingerprint density at radius 2 is 1.87 bits per heavy atom. The molecule has 7 nitrogen and oxygen atoms in total. The van der Waals surface area contributed by atoms with Gasteiger partial charge in [0.2, 0.25) is 10.0 Å². The van der Waals surface area contributed by atoms with Crippen LogP contribution >= 0.6 is 11.8 Å². The van der Waals surface area contributed by atoms with Crippen LogP contribution in [-0.2, 0) is 15.8 Å². The molecule has 31 heavy (non-hydrogen) atoms. The normalized spacial score (nSPS) is 15.5. The van der Waals surface area contributed by atoms with Crippen LogP contribution in [-0.4, -0.2) is 43.1 Å². The number of hydrogen-bond donors (Lipinski definition) is 0. The fourth-order valence-corrected chi connectivity index (χ4v) is 5.73. The first-order valence-corrected chi connectivity index (χ1v) is 12.7. The number of benzene rings is 1. The van der Waals surface area contributed by atoms with Gasteiger partial charge in [0.15, 0.2) is 0 Å². The van der Waals surface area contributed by atoms with Crippen molar-refractivity contribution in [3.05, 3.63) is 54.4 Å². The predicted molar refractivity (Wildman–Crippen MR) is 120 cm³/mol. The topological polar surface area (TPSA) is 85.5 Å². The number of pyridine rings is 1. The van der Waals surface area contributed by atoms with Crippen molar-refractivity contribution in [2.75, 3.05) is 20.2 Å². The lowest BCUT2D eigenvalue weighted by Gasteiger charge is -2.19. The average Bonchev–Trinajstić information content (AvgIpc) is 3.09. The van der Waals surface area contributed by atoms with Crippen LogP contribution in [0.4, 0.5) is 0 Å². The van der Waals surface area contributed by atoms with Gasteiger partial charge in [0.25, 0.3) is 0 Å². The first-order valence-electron chi connectivity index (χ1n) is 10.3. The van der Waals surface area contributed by atoms with Gasteiger partial charge in [-0.05, 0) is 37.1 Å². The number of methoxy groups -OCH3 is 1. The Labute approximate surface area is 186 Å². The van der Waals surface area contributed by atoms with Crippen molar-refractivity contribution in [3.63, 3.8) is 0 Å². The van der Waals surface area contributed by atoms with Crippen molar-refractivity contribution >= 4 is 21.8 Å². The van der Waals surface area contributed by atoms with Crippen LogP contribution in [0, 0.1) is 0 Å². The number of sulfonamides is 1. The zero-order valence-electron chi connectivity index (χ0n) is 17.4. The van der Waals surface area contributed by atoms with Crippen LogP contribution < -0.4 is 4.74 Å². The van der Waals surface area contributed by atoms with Gasteiger partial charge >= 0.3 is 0 Å². The summed E-state index contributed by atoms with van der Waals surface area (Å²) in [5.41, 5.74) is 1.58. The van der Waals surface area contributed by atoms with Crippen molar-refractivity contribution in [1.29, 1.82) is 0 Å². The van der Waals surface area contributed by atoms with Crippen molar-refractivity contribution < 1.29 is 17.7 Å². The molecule has 1 aliphatic rings. The monoisotopic (exact) mass is 459 g/mol. The zero-order chi connectivity index (χ0) is 21.7. The lowest BCUT2D eigenvalue weighted by atomic mass is 10.1. The van der Waals surface area contributed by atoms with Crippen LogP contribution in [0.5, 0.6) is 5.75 Å². The number of nitrogens with zero attached hydrogens (tertiary/aromatic N) is 3. The van der Waals surface area contributed by atoms with E-state index in [1.54, 1.807) is 23.5 Å². The van der Waals surface area contributed by atoms with Gasteiger partial charge in [0.1, 0.15) is 22.1 Å². The summed E-state index contributed by atoms with van der Waals surface area (Å²) in [5.74, 6) is 1.97. The van der Waals surface area contributed by atoms with E-state index in [0.29, 0.717) is 30.3 Å². The molecule has 1 fully saturated rings. The van der Waals surface area contributed by atoms with Gasteiger partial charge in [-0.15, -0.1) is 0 Å².